The molecule has 0 N–H and O–H groups in total. The van der Waals surface area contributed by atoms with Crippen LogP contribution in [0.15, 0.2) is 174 Å². The number of hydrogen-bond acceptors (Lipinski definition) is 2. The fourth-order valence-corrected chi connectivity index (χ4v) is 8.62. The molecule has 0 aliphatic rings. The Kier molecular flexibility index (Phi) is 9.59. The van der Waals surface area contributed by atoms with Crippen LogP contribution in [0.4, 0.5) is 17.1 Å². The summed E-state index contributed by atoms with van der Waals surface area (Å²) in [6, 6.07) is 62.7. The van der Waals surface area contributed by atoms with Gasteiger partial charge in [0.15, 0.2) is 0 Å². The highest BCUT2D eigenvalue weighted by molar-refractivity contribution is 6.09. The lowest BCUT2D eigenvalue weighted by molar-refractivity contribution is 0.569. The lowest BCUT2D eigenvalue weighted by Gasteiger charge is -2.30. The molecule has 60 heavy (non-hydrogen) atoms. The van der Waals surface area contributed by atoms with Crippen molar-refractivity contribution in [3.05, 3.63) is 187 Å². The monoisotopic (exact) mass is 781 g/mol. The number of rotatable bonds is 6. The minimum atomic E-state index is 0.00537. The Morgan fingerprint density at radius 1 is 0.367 bits per heavy atom. The Bertz CT molecular complexity index is 2990. The third-order valence-corrected chi connectivity index (χ3v) is 12.1. The zero-order valence-electron chi connectivity index (χ0n) is 36.5. The molecule has 9 aromatic rings. The SMILES string of the molecule is CC(C)(C)c1ccc(N(c2cccc(-c3ccc4c(c3)oc3ccccc34)c2)c2ccccc2-c2cccc3cccc(-c4cc(C(C)(C)C)cc(C(C)(C)C)c4)c23)cc1. The fraction of sp³-hybridized carbons (Fsp3) is 0.207. The second-order valence-corrected chi connectivity index (χ2v) is 19.5. The highest BCUT2D eigenvalue weighted by Gasteiger charge is 2.24. The summed E-state index contributed by atoms with van der Waals surface area (Å²) in [5, 5.41) is 4.76. The van der Waals surface area contributed by atoms with Gasteiger partial charge in [0, 0.05) is 27.7 Å². The number of nitrogens with zero attached hydrogens (tertiary/aromatic N) is 1. The van der Waals surface area contributed by atoms with Crippen LogP contribution < -0.4 is 4.90 Å². The molecule has 0 unspecified atom stereocenters. The van der Waals surface area contributed by atoms with Crippen molar-refractivity contribution in [3.63, 3.8) is 0 Å². The summed E-state index contributed by atoms with van der Waals surface area (Å²) in [5.41, 5.74) is 16.3. The van der Waals surface area contributed by atoms with Gasteiger partial charge in [-0.2, -0.15) is 0 Å². The van der Waals surface area contributed by atoms with Crippen LogP contribution in [-0.4, -0.2) is 0 Å². The van der Waals surface area contributed by atoms with Crippen molar-refractivity contribution in [1.82, 2.24) is 0 Å². The van der Waals surface area contributed by atoms with E-state index in [-0.39, 0.29) is 16.2 Å². The first-order valence-electron chi connectivity index (χ1n) is 21.3. The van der Waals surface area contributed by atoms with Crippen molar-refractivity contribution < 1.29 is 4.42 Å². The molecule has 0 bridgehead atoms. The lowest BCUT2D eigenvalue weighted by atomic mass is 9.78. The smallest absolute Gasteiger partial charge is 0.136 e. The van der Waals surface area contributed by atoms with Gasteiger partial charge in [-0.25, -0.2) is 0 Å². The summed E-state index contributed by atoms with van der Waals surface area (Å²) in [6.45, 7) is 20.7. The molecule has 0 saturated heterocycles. The van der Waals surface area contributed by atoms with Crippen LogP contribution in [0, 0.1) is 0 Å². The van der Waals surface area contributed by atoms with E-state index in [1.165, 1.54) is 49.7 Å². The van der Waals surface area contributed by atoms with E-state index in [0.29, 0.717) is 0 Å². The summed E-state index contributed by atoms with van der Waals surface area (Å²) in [4.78, 5) is 2.43. The Labute approximate surface area is 356 Å². The Morgan fingerprint density at radius 3 is 1.65 bits per heavy atom. The van der Waals surface area contributed by atoms with Crippen molar-refractivity contribution in [1.29, 1.82) is 0 Å². The summed E-state index contributed by atoms with van der Waals surface area (Å²) < 4.78 is 6.35. The predicted octanol–water partition coefficient (Wildman–Crippen LogP) is 17.1. The number of furan rings is 1. The summed E-state index contributed by atoms with van der Waals surface area (Å²) >= 11 is 0. The average Bonchev–Trinajstić information content (AvgIpc) is 3.61. The number of para-hydroxylation sites is 2. The van der Waals surface area contributed by atoms with Gasteiger partial charge in [-0.1, -0.05) is 184 Å². The second kappa shape index (κ2) is 14.7. The molecule has 0 spiro atoms. The molecular formula is C58H55NO. The Morgan fingerprint density at radius 2 is 0.950 bits per heavy atom. The highest BCUT2D eigenvalue weighted by atomic mass is 16.3. The number of hydrogen-bond donors (Lipinski definition) is 0. The van der Waals surface area contributed by atoms with Crippen LogP contribution in [0.5, 0.6) is 0 Å². The molecule has 0 saturated carbocycles. The van der Waals surface area contributed by atoms with Gasteiger partial charge < -0.3 is 9.32 Å². The summed E-state index contributed by atoms with van der Waals surface area (Å²) in [7, 11) is 0. The molecule has 9 rings (SSSR count). The molecule has 0 radical (unpaired) electrons. The van der Waals surface area contributed by atoms with Crippen molar-refractivity contribution >= 4 is 49.8 Å². The van der Waals surface area contributed by atoms with E-state index < -0.39 is 0 Å². The molecule has 298 valence electrons. The maximum Gasteiger partial charge on any atom is 0.136 e. The molecule has 2 nitrogen and oxygen atoms in total. The summed E-state index contributed by atoms with van der Waals surface area (Å²) in [5.74, 6) is 0. The standard InChI is InChI=1S/C58H55NO/c1-56(2,3)42-28-30-45(31-29-42)59(46-20-14-19-39(35-46)40-27-32-50-49-22-11-13-26-53(49)60-54(50)36-40)52-25-12-10-21-48(52)51-24-16-18-38-17-15-23-47(55(38)51)41-33-43(57(4,5)6)37-44(34-41)58(7,8)9/h10-37H,1-9H3. The predicted molar refractivity (Wildman–Crippen MR) is 258 cm³/mol. The third kappa shape index (κ3) is 7.30. The Balaban J connectivity index is 1.25. The van der Waals surface area contributed by atoms with Crippen LogP contribution >= 0.6 is 0 Å². The first-order chi connectivity index (χ1) is 28.6. The first kappa shape index (κ1) is 39.1. The van der Waals surface area contributed by atoms with Crippen molar-refractivity contribution in [2.24, 2.45) is 0 Å². The molecule has 0 aliphatic carbocycles. The largest absolute Gasteiger partial charge is 0.456 e. The van der Waals surface area contributed by atoms with Crippen LogP contribution in [0.1, 0.15) is 79.0 Å². The van der Waals surface area contributed by atoms with E-state index in [1.807, 2.05) is 12.1 Å². The first-order valence-corrected chi connectivity index (χ1v) is 21.3. The fourth-order valence-electron chi connectivity index (χ4n) is 8.62. The van der Waals surface area contributed by atoms with E-state index in [0.717, 1.165) is 50.1 Å². The van der Waals surface area contributed by atoms with Crippen LogP contribution in [-0.2, 0) is 16.2 Å². The van der Waals surface area contributed by atoms with Gasteiger partial charge in [0.2, 0.25) is 0 Å². The molecule has 0 fully saturated rings. The van der Waals surface area contributed by atoms with E-state index in [9.17, 15) is 0 Å². The van der Waals surface area contributed by atoms with Gasteiger partial charge in [-0.15, -0.1) is 0 Å². The average molecular weight is 782 g/mol. The van der Waals surface area contributed by atoms with Gasteiger partial charge in [0.05, 0.1) is 5.69 Å². The minimum Gasteiger partial charge on any atom is -0.456 e. The van der Waals surface area contributed by atoms with Gasteiger partial charge >= 0.3 is 0 Å². The van der Waals surface area contributed by atoms with Gasteiger partial charge in [0.1, 0.15) is 11.2 Å². The molecule has 0 aliphatic heterocycles. The van der Waals surface area contributed by atoms with Crippen LogP contribution in [0.2, 0.25) is 0 Å². The van der Waals surface area contributed by atoms with Gasteiger partial charge in [0.25, 0.3) is 0 Å². The maximum absolute atomic E-state index is 6.35. The van der Waals surface area contributed by atoms with E-state index in [2.05, 4.69) is 225 Å². The molecule has 0 atom stereocenters. The third-order valence-electron chi connectivity index (χ3n) is 12.1. The molecular weight excluding hydrogens is 727 g/mol. The number of anilines is 3. The van der Waals surface area contributed by atoms with Crippen molar-refractivity contribution in [3.8, 4) is 33.4 Å². The van der Waals surface area contributed by atoms with E-state index >= 15 is 0 Å². The highest BCUT2D eigenvalue weighted by Crippen LogP contribution is 2.46. The molecule has 8 aromatic carbocycles. The van der Waals surface area contributed by atoms with E-state index in [4.69, 9.17) is 4.42 Å². The normalized spacial score (nSPS) is 12.4. The van der Waals surface area contributed by atoms with Crippen LogP contribution in [0.25, 0.3) is 66.1 Å². The van der Waals surface area contributed by atoms with Crippen LogP contribution in [0.3, 0.4) is 0 Å². The zero-order chi connectivity index (χ0) is 42.0. The van der Waals surface area contributed by atoms with Gasteiger partial charge in [-0.05, 0) is 120 Å². The molecule has 1 aromatic heterocycles. The lowest BCUT2D eigenvalue weighted by Crippen LogP contribution is -2.16. The zero-order valence-corrected chi connectivity index (χ0v) is 36.5. The van der Waals surface area contributed by atoms with Gasteiger partial charge in [-0.3, -0.25) is 0 Å². The molecule has 0 amide bonds. The van der Waals surface area contributed by atoms with E-state index in [1.54, 1.807) is 0 Å². The maximum atomic E-state index is 6.35. The topological polar surface area (TPSA) is 16.4 Å². The number of benzene rings is 8. The Hall–Kier alpha value is -6.38. The molecule has 1 heterocycles. The summed E-state index contributed by atoms with van der Waals surface area (Å²) in [6.07, 6.45) is 0. The van der Waals surface area contributed by atoms with Crippen molar-refractivity contribution in [2.75, 3.05) is 4.90 Å². The second-order valence-electron chi connectivity index (χ2n) is 19.5. The quantitative estimate of drug-likeness (QED) is 0.167. The minimum absolute atomic E-state index is 0.00537. The molecule has 2 heteroatoms. The van der Waals surface area contributed by atoms with Crippen molar-refractivity contribution in [2.45, 2.75) is 78.6 Å². The number of fused-ring (bicyclic) bond motifs is 4.